The number of hydrogen-bond acceptors (Lipinski definition) is 2. The second-order valence-electron chi connectivity index (χ2n) is 3.86. The molecule has 1 fully saturated rings. The highest BCUT2D eigenvalue weighted by atomic mass is 79.9. The van der Waals surface area contributed by atoms with Crippen molar-refractivity contribution in [3.8, 4) is 12.3 Å². The molecule has 0 aromatic carbocycles. The van der Waals surface area contributed by atoms with Gasteiger partial charge in [-0.3, -0.25) is 0 Å². The zero-order chi connectivity index (χ0) is 11.1. The Labute approximate surface area is 101 Å². The Balaban J connectivity index is 2.54. The van der Waals surface area contributed by atoms with E-state index in [1.807, 2.05) is 6.92 Å². The summed E-state index contributed by atoms with van der Waals surface area (Å²) in [5.74, 6) is 2.82. The Morgan fingerprint density at radius 2 is 2.07 bits per heavy atom. The average molecular weight is 275 g/mol. The molecule has 1 atom stereocenters. The fourth-order valence-corrected chi connectivity index (χ4v) is 2.29. The predicted octanol–water partition coefficient (Wildman–Crippen LogP) is 3.10. The second-order valence-corrected chi connectivity index (χ2v) is 4.50. The third kappa shape index (κ3) is 3.79. The molecule has 0 heterocycles. The van der Waals surface area contributed by atoms with Gasteiger partial charge >= 0.3 is 0 Å². The zero-order valence-corrected chi connectivity index (χ0v) is 10.9. The minimum atomic E-state index is -0.383. The van der Waals surface area contributed by atoms with E-state index < -0.39 is 0 Å². The standard InChI is InChI=1S/C12H19BrO2/c1-3-12(8-6-5-7-9-12)15-11(10-13)14-4-2/h1,11H,4-10H2,2H3. The maximum atomic E-state index is 5.91. The molecule has 1 rings (SSSR count). The Kier molecular flexibility index (Phi) is 5.66. The highest BCUT2D eigenvalue weighted by molar-refractivity contribution is 9.09. The van der Waals surface area contributed by atoms with Crippen LogP contribution in [0.2, 0.25) is 0 Å². The van der Waals surface area contributed by atoms with Crippen LogP contribution in [-0.4, -0.2) is 23.8 Å². The quantitative estimate of drug-likeness (QED) is 0.436. The van der Waals surface area contributed by atoms with Gasteiger partial charge in [0, 0.05) is 6.61 Å². The molecule has 3 heteroatoms. The topological polar surface area (TPSA) is 18.5 Å². The fraction of sp³-hybridized carbons (Fsp3) is 0.833. The van der Waals surface area contributed by atoms with Gasteiger partial charge in [0.05, 0.1) is 5.33 Å². The Hall–Kier alpha value is -0.0400. The van der Waals surface area contributed by atoms with Crippen LogP contribution < -0.4 is 0 Å². The molecule has 0 N–H and O–H groups in total. The maximum absolute atomic E-state index is 5.91. The van der Waals surface area contributed by atoms with Crippen LogP contribution >= 0.6 is 15.9 Å². The molecule has 0 aromatic heterocycles. The van der Waals surface area contributed by atoms with Crippen molar-refractivity contribution in [3.63, 3.8) is 0 Å². The van der Waals surface area contributed by atoms with Gasteiger partial charge in [0.15, 0.2) is 6.29 Å². The van der Waals surface area contributed by atoms with Gasteiger partial charge in [-0.15, -0.1) is 6.42 Å². The summed E-state index contributed by atoms with van der Waals surface area (Å²) in [7, 11) is 0. The molecule has 2 nitrogen and oxygen atoms in total. The van der Waals surface area contributed by atoms with Crippen molar-refractivity contribution in [2.45, 2.75) is 50.9 Å². The summed E-state index contributed by atoms with van der Waals surface area (Å²) >= 11 is 3.38. The molecule has 86 valence electrons. The molecule has 0 spiro atoms. The molecule has 0 radical (unpaired) electrons. The Morgan fingerprint density at radius 3 is 2.53 bits per heavy atom. The van der Waals surface area contributed by atoms with Gasteiger partial charge in [-0.1, -0.05) is 28.3 Å². The number of halogens is 1. The van der Waals surface area contributed by atoms with Crippen molar-refractivity contribution >= 4 is 15.9 Å². The van der Waals surface area contributed by atoms with Crippen LogP contribution in [0.4, 0.5) is 0 Å². The van der Waals surface area contributed by atoms with E-state index in [0.29, 0.717) is 11.9 Å². The summed E-state index contributed by atoms with van der Waals surface area (Å²) in [6, 6.07) is 0. The summed E-state index contributed by atoms with van der Waals surface area (Å²) < 4.78 is 11.4. The first-order chi connectivity index (χ1) is 7.26. The van der Waals surface area contributed by atoms with Crippen molar-refractivity contribution < 1.29 is 9.47 Å². The highest BCUT2D eigenvalue weighted by Gasteiger charge is 2.33. The van der Waals surface area contributed by atoms with Crippen molar-refractivity contribution in [1.82, 2.24) is 0 Å². The van der Waals surface area contributed by atoms with E-state index in [2.05, 4.69) is 21.9 Å². The zero-order valence-electron chi connectivity index (χ0n) is 9.30. The molecule has 0 amide bonds. The monoisotopic (exact) mass is 274 g/mol. The van der Waals surface area contributed by atoms with E-state index in [0.717, 1.165) is 25.7 Å². The minimum absolute atomic E-state index is 0.218. The van der Waals surface area contributed by atoms with Crippen LogP contribution in [0.15, 0.2) is 0 Å². The van der Waals surface area contributed by atoms with Crippen LogP contribution in [0.3, 0.4) is 0 Å². The number of terminal acetylenes is 1. The van der Waals surface area contributed by atoms with Gasteiger partial charge in [0.1, 0.15) is 5.60 Å². The summed E-state index contributed by atoms with van der Waals surface area (Å²) in [6.45, 7) is 2.61. The summed E-state index contributed by atoms with van der Waals surface area (Å²) in [4.78, 5) is 0. The Morgan fingerprint density at radius 1 is 1.40 bits per heavy atom. The molecule has 0 bridgehead atoms. The summed E-state index contributed by atoms with van der Waals surface area (Å²) in [5.41, 5.74) is -0.383. The van der Waals surface area contributed by atoms with E-state index in [4.69, 9.17) is 15.9 Å². The average Bonchev–Trinajstić information content (AvgIpc) is 2.30. The molecule has 1 aliphatic carbocycles. The molecular formula is C12H19BrO2. The van der Waals surface area contributed by atoms with E-state index >= 15 is 0 Å². The normalized spacial score (nSPS) is 21.9. The Bertz CT molecular complexity index is 216. The summed E-state index contributed by atoms with van der Waals surface area (Å²) in [6.07, 6.45) is 10.9. The molecule has 1 saturated carbocycles. The number of ether oxygens (including phenoxy) is 2. The lowest BCUT2D eigenvalue weighted by Gasteiger charge is -2.35. The van der Waals surface area contributed by atoms with Crippen molar-refractivity contribution in [3.05, 3.63) is 0 Å². The largest absolute Gasteiger partial charge is 0.352 e. The number of rotatable bonds is 5. The predicted molar refractivity (Wildman–Crippen MR) is 64.9 cm³/mol. The van der Waals surface area contributed by atoms with Crippen LogP contribution in [-0.2, 0) is 9.47 Å². The maximum Gasteiger partial charge on any atom is 0.169 e. The fourth-order valence-electron chi connectivity index (χ4n) is 1.97. The van der Waals surface area contributed by atoms with Crippen LogP contribution in [0, 0.1) is 12.3 Å². The van der Waals surface area contributed by atoms with Crippen LogP contribution in [0.1, 0.15) is 39.0 Å². The molecule has 1 unspecified atom stereocenters. The number of alkyl halides is 1. The highest BCUT2D eigenvalue weighted by Crippen LogP contribution is 2.32. The second kappa shape index (κ2) is 6.52. The first kappa shape index (κ1) is 13.0. The smallest absolute Gasteiger partial charge is 0.169 e. The van der Waals surface area contributed by atoms with E-state index in [1.54, 1.807) is 0 Å². The molecular weight excluding hydrogens is 256 g/mol. The van der Waals surface area contributed by atoms with Gasteiger partial charge in [0.25, 0.3) is 0 Å². The lowest BCUT2D eigenvalue weighted by atomic mass is 9.85. The van der Waals surface area contributed by atoms with Crippen molar-refractivity contribution in [2.75, 3.05) is 11.9 Å². The van der Waals surface area contributed by atoms with E-state index in [1.165, 1.54) is 6.42 Å². The third-order valence-corrected chi connectivity index (χ3v) is 3.29. The van der Waals surface area contributed by atoms with Gasteiger partial charge < -0.3 is 9.47 Å². The van der Waals surface area contributed by atoms with Gasteiger partial charge in [-0.25, -0.2) is 0 Å². The van der Waals surface area contributed by atoms with E-state index in [9.17, 15) is 0 Å². The minimum Gasteiger partial charge on any atom is -0.352 e. The van der Waals surface area contributed by atoms with Crippen LogP contribution in [0.5, 0.6) is 0 Å². The number of hydrogen-bond donors (Lipinski definition) is 0. The molecule has 0 saturated heterocycles. The lowest BCUT2D eigenvalue weighted by molar-refractivity contribution is -0.185. The van der Waals surface area contributed by atoms with E-state index in [-0.39, 0.29) is 11.9 Å². The van der Waals surface area contributed by atoms with Gasteiger partial charge in [-0.2, -0.15) is 0 Å². The van der Waals surface area contributed by atoms with Crippen molar-refractivity contribution in [1.29, 1.82) is 0 Å². The first-order valence-corrected chi connectivity index (χ1v) is 6.71. The summed E-state index contributed by atoms with van der Waals surface area (Å²) in [5, 5.41) is 0.671. The first-order valence-electron chi connectivity index (χ1n) is 5.59. The molecule has 0 aliphatic heterocycles. The van der Waals surface area contributed by atoms with Gasteiger partial charge in [0.2, 0.25) is 0 Å². The van der Waals surface area contributed by atoms with Gasteiger partial charge in [-0.05, 0) is 32.6 Å². The SMILES string of the molecule is C#CC1(OC(CBr)OCC)CCCCC1. The van der Waals surface area contributed by atoms with Crippen LogP contribution in [0.25, 0.3) is 0 Å². The molecule has 15 heavy (non-hydrogen) atoms. The molecule has 1 aliphatic rings. The lowest BCUT2D eigenvalue weighted by Crippen LogP contribution is -2.39. The third-order valence-electron chi connectivity index (χ3n) is 2.76. The molecule has 0 aromatic rings. The van der Waals surface area contributed by atoms with Crippen molar-refractivity contribution in [2.24, 2.45) is 0 Å².